The number of rotatable bonds is 7. The Balaban J connectivity index is 1.53. The van der Waals surface area contributed by atoms with Crippen LogP contribution in [0.2, 0.25) is 0 Å². The summed E-state index contributed by atoms with van der Waals surface area (Å²) < 4.78 is 7.26. The Morgan fingerprint density at radius 3 is 3.00 bits per heavy atom. The van der Waals surface area contributed by atoms with Crippen LogP contribution in [-0.2, 0) is 24.3 Å². The number of aryl methyl sites for hydroxylation is 2. The van der Waals surface area contributed by atoms with E-state index in [1.54, 1.807) is 6.92 Å². The number of hydrogen-bond acceptors (Lipinski definition) is 7. The van der Waals surface area contributed by atoms with E-state index in [-0.39, 0.29) is 0 Å². The third kappa shape index (κ3) is 4.00. The Bertz CT molecular complexity index is 1010. The smallest absolute Gasteiger partial charge is 0.320 e. The number of carboxylic acids is 1. The average molecular weight is 396 g/mol. The van der Waals surface area contributed by atoms with Crippen molar-refractivity contribution in [3.8, 4) is 11.6 Å². The van der Waals surface area contributed by atoms with Crippen LogP contribution in [0.15, 0.2) is 35.0 Å². The highest BCUT2D eigenvalue weighted by Crippen LogP contribution is 2.33. The molecule has 29 heavy (non-hydrogen) atoms. The number of fused-ring (bicyclic) bond motifs is 1. The lowest BCUT2D eigenvalue weighted by molar-refractivity contribution is -0.139. The average Bonchev–Trinajstić information content (AvgIpc) is 3.40. The number of hydrogen-bond donors (Lipinski definition) is 2. The minimum Gasteiger partial charge on any atom is -0.480 e. The molecule has 1 aliphatic rings. The second-order valence-electron chi connectivity index (χ2n) is 7.12. The largest absolute Gasteiger partial charge is 0.480 e. The van der Waals surface area contributed by atoms with Gasteiger partial charge in [0.05, 0.1) is 0 Å². The van der Waals surface area contributed by atoms with Crippen molar-refractivity contribution in [2.45, 2.75) is 45.8 Å². The predicted octanol–water partition coefficient (Wildman–Crippen LogP) is 2.60. The normalized spacial score (nSPS) is 14.6. The van der Waals surface area contributed by atoms with Gasteiger partial charge in [-0.25, -0.2) is 0 Å². The van der Waals surface area contributed by atoms with Gasteiger partial charge in [0.15, 0.2) is 5.69 Å². The molecule has 9 nitrogen and oxygen atoms in total. The second-order valence-corrected chi connectivity index (χ2v) is 7.12. The van der Waals surface area contributed by atoms with Crippen LogP contribution in [0.5, 0.6) is 0 Å². The Kier molecular flexibility index (Phi) is 5.30. The van der Waals surface area contributed by atoms with E-state index >= 15 is 0 Å². The summed E-state index contributed by atoms with van der Waals surface area (Å²) >= 11 is 0. The molecule has 0 aliphatic carbocycles. The molecule has 1 unspecified atom stereocenters. The van der Waals surface area contributed by atoms with Gasteiger partial charge in [0.1, 0.15) is 6.04 Å². The van der Waals surface area contributed by atoms with E-state index in [0.29, 0.717) is 24.1 Å². The van der Waals surface area contributed by atoms with Crippen molar-refractivity contribution in [1.29, 1.82) is 0 Å². The lowest BCUT2D eigenvalue weighted by Crippen LogP contribution is -2.33. The first-order valence-corrected chi connectivity index (χ1v) is 9.78. The molecule has 1 aliphatic heterocycles. The molecule has 0 spiro atoms. The molecule has 0 radical (unpaired) electrons. The fourth-order valence-electron chi connectivity index (χ4n) is 3.41. The maximum Gasteiger partial charge on any atom is 0.320 e. The molecule has 0 bridgehead atoms. The van der Waals surface area contributed by atoms with E-state index in [0.717, 1.165) is 37.2 Å². The number of carboxylic acid groups (broad SMARTS) is 1. The van der Waals surface area contributed by atoms with Gasteiger partial charge in [-0.15, -0.1) is 0 Å². The number of aromatic nitrogens is 4. The first kappa shape index (κ1) is 19.1. The fourth-order valence-corrected chi connectivity index (χ4v) is 3.41. The number of nitrogens with zero attached hydrogens (tertiary/aromatic N) is 5. The number of benzene rings is 1. The minimum atomic E-state index is -0.856. The molecular weight excluding hydrogens is 372 g/mol. The van der Waals surface area contributed by atoms with E-state index in [2.05, 4.69) is 31.5 Å². The zero-order chi connectivity index (χ0) is 20.4. The highest BCUT2D eigenvalue weighted by molar-refractivity contribution is 5.72. The van der Waals surface area contributed by atoms with Crippen molar-refractivity contribution in [2.75, 3.05) is 11.4 Å². The van der Waals surface area contributed by atoms with Crippen LogP contribution in [-0.4, -0.2) is 43.6 Å². The molecule has 3 heterocycles. The van der Waals surface area contributed by atoms with E-state index in [9.17, 15) is 4.79 Å². The van der Waals surface area contributed by atoms with Crippen molar-refractivity contribution in [3.05, 3.63) is 41.6 Å². The van der Waals surface area contributed by atoms with Crippen molar-refractivity contribution < 1.29 is 14.4 Å². The molecule has 1 atom stereocenters. The fraction of sp³-hybridized carbons (Fsp3) is 0.400. The molecule has 2 N–H and O–H groups in total. The Hall–Kier alpha value is -3.20. The molecule has 0 saturated heterocycles. The Morgan fingerprint density at radius 2 is 2.24 bits per heavy atom. The lowest BCUT2D eigenvalue weighted by atomic mass is 9.99. The van der Waals surface area contributed by atoms with Gasteiger partial charge >= 0.3 is 5.97 Å². The molecule has 2 aromatic heterocycles. The predicted molar refractivity (Wildman–Crippen MR) is 107 cm³/mol. The van der Waals surface area contributed by atoms with Gasteiger partial charge in [-0.2, -0.15) is 10.1 Å². The minimum absolute atomic E-state index is 0.405. The first-order valence-electron chi connectivity index (χ1n) is 9.78. The molecule has 0 amide bonds. The van der Waals surface area contributed by atoms with Crippen LogP contribution in [0.3, 0.4) is 0 Å². The number of anilines is 2. The topological polar surface area (TPSA) is 109 Å². The van der Waals surface area contributed by atoms with Crippen LogP contribution >= 0.6 is 0 Å². The molecule has 1 aromatic carbocycles. The monoisotopic (exact) mass is 396 g/mol. The standard InChI is InChI=1S/C20H24N6O3/c1-3-25-10-8-16(23-25)18-22-20(24-29-18)26-9-4-5-15-11-14(6-7-17(15)26)12-21-13(2)19(27)28/h6-8,10-11,13,21H,3-5,9,12H2,1-2H3,(H,27,28). The number of carbonyl (C=O) groups is 1. The zero-order valence-electron chi connectivity index (χ0n) is 16.5. The summed E-state index contributed by atoms with van der Waals surface area (Å²) in [4.78, 5) is 17.6. The van der Waals surface area contributed by atoms with Gasteiger partial charge in [-0.3, -0.25) is 9.48 Å². The van der Waals surface area contributed by atoms with Gasteiger partial charge < -0.3 is 19.8 Å². The lowest BCUT2D eigenvalue weighted by Gasteiger charge is -2.28. The van der Waals surface area contributed by atoms with Crippen LogP contribution in [0.1, 0.15) is 31.4 Å². The van der Waals surface area contributed by atoms with Crippen LogP contribution in [0.4, 0.5) is 11.6 Å². The molecular formula is C20H24N6O3. The van der Waals surface area contributed by atoms with Gasteiger partial charge in [-0.1, -0.05) is 12.1 Å². The van der Waals surface area contributed by atoms with E-state index in [4.69, 9.17) is 9.63 Å². The highest BCUT2D eigenvalue weighted by atomic mass is 16.5. The number of aliphatic carboxylic acids is 1. The number of nitrogens with one attached hydrogen (secondary N) is 1. The summed E-state index contributed by atoms with van der Waals surface area (Å²) in [7, 11) is 0. The van der Waals surface area contributed by atoms with E-state index in [1.165, 1.54) is 5.56 Å². The zero-order valence-corrected chi connectivity index (χ0v) is 16.5. The second kappa shape index (κ2) is 8.04. The highest BCUT2D eigenvalue weighted by Gasteiger charge is 2.23. The van der Waals surface area contributed by atoms with Crippen LogP contribution < -0.4 is 10.2 Å². The van der Waals surface area contributed by atoms with Gasteiger partial charge in [0.25, 0.3) is 11.8 Å². The first-order chi connectivity index (χ1) is 14.0. The molecule has 152 valence electrons. The van der Waals surface area contributed by atoms with Gasteiger partial charge in [0, 0.05) is 31.5 Å². The molecule has 9 heteroatoms. The summed E-state index contributed by atoms with van der Waals surface area (Å²) in [5.41, 5.74) is 3.97. The van der Waals surface area contributed by atoms with E-state index in [1.807, 2.05) is 36.0 Å². The Labute approximate surface area is 168 Å². The summed E-state index contributed by atoms with van der Waals surface area (Å²) in [5.74, 6) is 0.0750. The quantitative estimate of drug-likeness (QED) is 0.627. The van der Waals surface area contributed by atoms with Crippen molar-refractivity contribution in [2.24, 2.45) is 0 Å². The molecule has 0 fully saturated rings. The molecule has 3 aromatic rings. The summed E-state index contributed by atoms with van der Waals surface area (Å²) in [6.45, 7) is 5.76. The van der Waals surface area contributed by atoms with Gasteiger partial charge in [0.2, 0.25) is 0 Å². The maximum absolute atomic E-state index is 11.0. The van der Waals surface area contributed by atoms with Crippen LogP contribution in [0.25, 0.3) is 11.6 Å². The van der Waals surface area contributed by atoms with Crippen molar-refractivity contribution in [3.63, 3.8) is 0 Å². The third-order valence-corrected chi connectivity index (χ3v) is 5.09. The Morgan fingerprint density at radius 1 is 1.38 bits per heavy atom. The molecule has 0 saturated carbocycles. The summed E-state index contributed by atoms with van der Waals surface area (Å²) in [6.07, 6.45) is 3.82. The van der Waals surface area contributed by atoms with Gasteiger partial charge in [-0.05, 0) is 55.1 Å². The van der Waals surface area contributed by atoms with Crippen molar-refractivity contribution >= 4 is 17.6 Å². The summed E-state index contributed by atoms with van der Waals surface area (Å²) in [6, 6.07) is 7.44. The SMILES string of the molecule is CCn1ccc(-c2nc(N3CCCc4cc(CNC(C)C(=O)O)ccc43)no2)n1. The third-order valence-electron chi connectivity index (χ3n) is 5.09. The van der Waals surface area contributed by atoms with E-state index < -0.39 is 12.0 Å². The summed E-state index contributed by atoms with van der Waals surface area (Å²) in [5, 5.41) is 20.6. The van der Waals surface area contributed by atoms with Crippen LogP contribution in [0, 0.1) is 0 Å². The molecule has 4 rings (SSSR count). The maximum atomic E-state index is 11.0. The van der Waals surface area contributed by atoms with Crippen molar-refractivity contribution in [1.82, 2.24) is 25.2 Å².